The molecule has 1 aliphatic rings. The third kappa shape index (κ3) is 4.78. The normalized spacial score (nSPS) is 14.8. The number of hydrogen-bond donors (Lipinski definition) is 1. The number of rotatable bonds is 4. The van der Waals surface area contributed by atoms with E-state index in [0.29, 0.717) is 18.1 Å². The van der Waals surface area contributed by atoms with Gasteiger partial charge in [-0.25, -0.2) is 4.79 Å². The van der Waals surface area contributed by atoms with Crippen molar-refractivity contribution in [3.63, 3.8) is 0 Å². The van der Waals surface area contributed by atoms with Gasteiger partial charge in [-0.1, -0.05) is 78.3 Å². The van der Waals surface area contributed by atoms with Gasteiger partial charge in [0.15, 0.2) is 0 Å². The van der Waals surface area contributed by atoms with Crippen LogP contribution >= 0.6 is 11.6 Å². The van der Waals surface area contributed by atoms with Crippen molar-refractivity contribution in [2.24, 2.45) is 0 Å². The molecular weight excluding hydrogens is 382 g/mol. The Labute approximate surface area is 176 Å². The lowest BCUT2D eigenvalue weighted by atomic mass is 9.96. The van der Waals surface area contributed by atoms with Crippen LogP contribution in [0.3, 0.4) is 0 Å². The molecule has 0 saturated carbocycles. The quantitative estimate of drug-likeness (QED) is 0.641. The number of anilines is 1. The SMILES string of the molecule is O=C(Nc1cccc(Cl)c1)N1CCN(C(c2ccccc2)c2ccccc2)CC1. The average Bonchev–Trinajstić information content (AvgIpc) is 2.76. The van der Waals surface area contributed by atoms with Crippen LogP contribution in [-0.2, 0) is 0 Å². The van der Waals surface area contributed by atoms with Crippen LogP contribution in [0.4, 0.5) is 10.5 Å². The number of amides is 2. The minimum atomic E-state index is -0.0807. The summed E-state index contributed by atoms with van der Waals surface area (Å²) in [4.78, 5) is 17.0. The topological polar surface area (TPSA) is 35.6 Å². The molecule has 1 fully saturated rings. The van der Waals surface area contributed by atoms with Gasteiger partial charge in [0.05, 0.1) is 6.04 Å². The molecule has 0 radical (unpaired) electrons. The third-order valence-electron chi connectivity index (χ3n) is 5.27. The van der Waals surface area contributed by atoms with E-state index in [9.17, 15) is 4.79 Å². The lowest BCUT2D eigenvalue weighted by Gasteiger charge is -2.39. The lowest BCUT2D eigenvalue weighted by molar-refractivity contribution is 0.126. The fourth-order valence-corrected chi connectivity index (χ4v) is 4.03. The predicted octanol–water partition coefficient (Wildman–Crippen LogP) is 5.28. The van der Waals surface area contributed by atoms with Gasteiger partial charge in [-0.3, -0.25) is 4.90 Å². The van der Waals surface area contributed by atoms with Crippen molar-refractivity contribution in [3.05, 3.63) is 101 Å². The standard InChI is InChI=1S/C24H24ClN3O/c25-21-12-7-13-22(18-21)26-24(29)28-16-14-27(15-17-28)23(19-8-3-1-4-9-19)20-10-5-2-6-11-20/h1-13,18,23H,14-17H2,(H,26,29). The first kappa shape index (κ1) is 19.5. The van der Waals surface area contributed by atoms with Gasteiger partial charge in [0.2, 0.25) is 0 Å². The Balaban J connectivity index is 1.45. The molecule has 1 heterocycles. The molecule has 2 amide bonds. The molecule has 148 valence electrons. The van der Waals surface area contributed by atoms with Gasteiger partial charge in [0, 0.05) is 36.9 Å². The zero-order valence-corrected chi connectivity index (χ0v) is 16.9. The summed E-state index contributed by atoms with van der Waals surface area (Å²) >= 11 is 6.01. The molecule has 0 atom stereocenters. The summed E-state index contributed by atoms with van der Waals surface area (Å²) in [5, 5.41) is 3.56. The van der Waals surface area contributed by atoms with E-state index < -0.39 is 0 Å². The Morgan fingerprint density at radius 2 is 1.38 bits per heavy atom. The van der Waals surface area contributed by atoms with Crippen LogP contribution in [0.2, 0.25) is 5.02 Å². The van der Waals surface area contributed by atoms with Crippen molar-refractivity contribution in [3.8, 4) is 0 Å². The molecule has 1 saturated heterocycles. The Hall–Kier alpha value is -2.82. The van der Waals surface area contributed by atoms with Gasteiger partial charge in [-0.2, -0.15) is 0 Å². The Morgan fingerprint density at radius 3 is 1.93 bits per heavy atom. The van der Waals surface area contributed by atoms with Crippen molar-refractivity contribution in [1.82, 2.24) is 9.80 Å². The zero-order valence-electron chi connectivity index (χ0n) is 16.2. The Morgan fingerprint density at radius 1 is 0.793 bits per heavy atom. The molecule has 0 aromatic heterocycles. The Bertz CT molecular complexity index is 901. The number of benzene rings is 3. The molecule has 4 rings (SSSR count). The number of carbonyl (C=O) groups is 1. The van der Waals surface area contributed by atoms with Crippen LogP contribution in [0.15, 0.2) is 84.9 Å². The molecule has 29 heavy (non-hydrogen) atoms. The van der Waals surface area contributed by atoms with Crippen molar-refractivity contribution in [1.29, 1.82) is 0 Å². The van der Waals surface area contributed by atoms with Gasteiger partial charge in [-0.15, -0.1) is 0 Å². The van der Waals surface area contributed by atoms with Crippen LogP contribution in [0.5, 0.6) is 0 Å². The predicted molar refractivity (Wildman–Crippen MR) is 118 cm³/mol. The molecule has 0 bridgehead atoms. The third-order valence-corrected chi connectivity index (χ3v) is 5.51. The Kier molecular flexibility index (Phi) is 6.13. The molecule has 3 aromatic carbocycles. The maximum Gasteiger partial charge on any atom is 0.321 e. The zero-order chi connectivity index (χ0) is 20.1. The average molecular weight is 406 g/mol. The summed E-state index contributed by atoms with van der Waals surface area (Å²) in [6.07, 6.45) is 0. The minimum Gasteiger partial charge on any atom is -0.322 e. The van der Waals surface area contributed by atoms with Crippen molar-refractivity contribution in [2.75, 3.05) is 31.5 Å². The first-order chi connectivity index (χ1) is 14.2. The summed E-state index contributed by atoms with van der Waals surface area (Å²) in [6, 6.07) is 28.5. The van der Waals surface area contributed by atoms with Gasteiger partial charge < -0.3 is 10.2 Å². The van der Waals surface area contributed by atoms with E-state index in [1.165, 1.54) is 11.1 Å². The maximum atomic E-state index is 12.6. The largest absolute Gasteiger partial charge is 0.322 e. The van der Waals surface area contributed by atoms with Gasteiger partial charge in [-0.05, 0) is 29.3 Å². The number of nitrogens with zero attached hydrogens (tertiary/aromatic N) is 2. The van der Waals surface area contributed by atoms with E-state index in [4.69, 9.17) is 11.6 Å². The van der Waals surface area contributed by atoms with E-state index in [0.717, 1.165) is 18.8 Å². The summed E-state index contributed by atoms with van der Waals surface area (Å²) in [6.45, 7) is 3.00. The summed E-state index contributed by atoms with van der Waals surface area (Å²) < 4.78 is 0. The van der Waals surface area contributed by atoms with Gasteiger partial charge in [0.1, 0.15) is 0 Å². The van der Waals surface area contributed by atoms with E-state index in [2.05, 4.69) is 58.7 Å². The van der Waals surface area contributed by atoms with Crippen molar-refractivity contribution >= 4 is 23.3 Å². The highest BCUT2D eigenvalue weighted by Gasteiger charge is 2.28. The second kappa shape index (κ2) is 9.12. The van der Waals surface area contributed by atoms with Crippen LogP contribution < -0.4 is 5.32 Å². The fraction of sp³-hybridized carbons (Fsp3) is 0.208. The number of hydrogen-bond acceptors (Lipinski definition) is 2. The molecule has 0 aliphatic carbocycles. The summed E-state index contributed by atoms with van der Waals surface area (Å²) in [5.41, 5.74) is 3.27. The first-order valence-corrected chi connectivity index (χ1v) is 10.2. The van der Waals surface area contributed by atoms with Gasteiger partial charge in [0.25, 0.3) is 0 Å². The molecule has 0 spiro atoms. The summed E-state index contributed by atoms with van der Waals surface area (Å²) in [7, 11) is 0. The number of piperazine rings is 1. The minimum absolute atomic E-state index is 0.0807. The maximum absolute atomic E-state index is 12.6. The molecule has 4 nitrogen and oxygen atoms in total. The number of urea groups is 1. The van der Waals surface area contributed by atoms with Gasteiger partial charge >= 0.3 is 6.03 Å². The number of halogens is 1. The lowest BCUT2D eigenvalue weighted by Crippen LogP contribution is -2.51. The van der Waals surface area contributed by atoms with Crippen LogP contribution in [0.25, 0.3) is 0 Å². The monoisotopic (exact) mass is 405 g/mol. The molecular formula is C24H24ClN3O. The molecule has 1 N–H and O–H groups in total. The smallest absolute Gasteiger partial charge is 0.321 e. The molecule has 1 aliphatic heterocycles. The van der Waals surface area contributed by atoms with Crippen molar-refractivity contribution in [2.45, 2.75) is 6.04 Å². The van der Waals surface area contributed by atoms with Crippen LogP contribution in [0, 0.1) is 0 Å². The highest BCUT2D eigenvalue weighted by atomic mass is 35.5. The molecule has 0 unspecified atom stereocenters. The second-order valence-electron chi connectivity index (χ2n) is 7.19. The van der Waals surface area contributed by atoms with E-state index in [1.54, 1.807) is 12.1 Å². The second-order valence-corrected chi connectivity index (χ2v) is 7.62. The molecule has 3 aromatic rings. The van der Waals surface area contributed by atoms with E-state index in [1.807, 2.05) is 29.2 Å². The fourth-order valence-electron chi connectivity index (χ4n) is 3.84. The summed E-state index contributed by atoms with van der Waals surface area (Å²) in [5.74, 6) is 0. The highest BCUT2D eigenvalue weighted by molar-refractivity contribution is 6.30. The van der Waals surface area contributed by atoms with Crippen molar-refractivity contribution < 1.29 is 4.79 Å². The van der Waals surface area contributed by atoms with E-state index >= 15 is 0 Å². The number of carbonyl (C=O) groups excluding carboxylic acids is 1. The van der Waals surface area contributed by atoms with Crippen LogP contribution in [-0.4, -0.2) is 42.0 Å². The molecule has 5 heteroatoms. The van der Waals surface area contributed by atoms with E-state index in [-0.39, 0.29) is 12.1 Å². The van der Waals surface area contributed by atoms with Crippen LogP contribution in [0.1, 0.15) is 17.2 Å². The first-order valence-electron chi connectivity index (χ1n) is 9.86. The number of nitrogens with one attached hydrogen (secondary N) is 1. The highest BCUT2D eigenvalue weighted by Crippen LogP contribution is 2.29.